The van der Waals surface area contributed by atoms with Crippen molar-refractivity contribution in [2.45, 2.75) is 39.2 Å². The van der Waals surface area contributed by atoms with Crippen LogP contribution in [0.3, 0.4) is 0 Å². The number of piperidine rings is 1. The third-order valence-electron chi connectivity index (χ3n) is 4.59. The molecule has 1 aromatic heterocycles. The number of para-hydroxylation sites is 1. The molecule has 2 aromatic rings. The molecule has 0 radical (unpaired) electrons. The van der Waals surface area contributed by atoms with Crippen LogP contribution in [0.4, 0.5) is 5.95 Å². The van der Waals surface area contributed by atoms with E-state index in [1.54, 1.807) is 4.68 Å². The molecule has 7 nitrogen and oxygen atoms in total. The summed E-state index contributed by atoms with van der Waals surface area (Å²) in [4.78, 5) is 18.4. The fourth-order valence-electron chi connectivity index (χ4n) is 3.20. The van der Waals surface area contributed by atoms with E-state index in [2.05, 4.69) is 10.1 Å². The molecule has 1 aliphatic heterocycles. The predicted octanol–water partition coefficient (Wildman–Crippen LogP) is 2.11. The third kappa shape index (κ3) is 4.10. The van der Waals surface area contributed by atoms with Gasteiger partial charge in [0, 0.05) is 13.1 Å². The maximum absolute atomic E-state index is 12.4. The molecule has 1 fully saturated rings. The summed E-state index contributed by atoms with van der Waals surface area (Å²) >= 11 is 0. The molecule has 0 spiro atoms. The highest BCUT2D eigenvalue weighted by Crippen LogP contribution is 2.24. The number of benzene rings is 1. The van der Waals surface area contributed by atoms with E-state index in [0.29, 0.717) is 37.9 Å². The molecule has 7 heteroatoms. The molecule has 134 valence electrons. The second-order valence-corrected chi connectivity index (χ2v) is 6.44. The number of nitrogens with zero attached hydrogens (tertiary/aromatic N) is 4. The zero-order valence-corrected chi connectivity index (χ0v) is 14.8. The highest BCUT2D eigenvalue weighted by atomic mass is 16.5. The Morgan fingerprint density at radius 3 is 2.64 bits per heavy atom. The van der Waals surface area contributed by atoms with E-state index in [9.17, 15) is 4.79 Å². The maximum Gasteiger partial charge on any atom is 0.225 e. The van der Waals surface area contributed by atoms with Crippen LogP contribution in [0.2, 0.25) is 0 Å². The molecule has 25 heavy (non-hydrogen) atoms. The van der Waals surface area contributed by atoms with Crippen molar-refractivity contribution < 1.29 is 9.53 Å². The minimum Gasteiger partial charge on any atom is -0.493 e. The van der Waals surface area contributed by atoms with Gasteiger partial charge in [-0.3, -0.25) is 4.79 Å². The van der Waals surface area contributed by atoms with Gasteiger partial charge in [0.2, 0.25) is 11.9 Å². The van der Waals surface area contributed by atoms with Crippen molar-refractivity contribution in [3.63, 3.8) is 0 Å². The summed E-state index contributed by atoms with van der Waals surface area (Å²) in [6.45, 7) is 5.66. The van der Waals surface area contributed by atoms with Gasteiger partial charge in [0.1, 0.15) is 11.6 Å². The Morgan fingerprint density at radius 1 is 1.28 bits per heavy atom. The lowest BCUT2D eigenvalue weighted by molar-refractivity contribution is -0.133. The maximum atomic E-state index is 12.4. The summed E-state index contributed by atoms with van der Waals surface area (Å²) in [5.41, 5.74) is 6.97. The van der Waals surface area contributed by atoms with Gasteiger partial charge in [-0.1, -0.05) is 18.2 Å². The molecule has 1 saturated heterocycles. The van der Waals surface area contributed by atoms with Crippen molar-refractivity contribution in [2.24, 2.45) is 0 Å². The van der Waals surface area contributed by atoms with Crippen LogP contribution in [-0.4, -0.2) is 45.3 Å². The van der Waals surface area contributed by atoms with Crippen molar-refractivity contribution >= 4 is 11.9 Å². The van der Waals surface area contributed by atoms with Gasteiger partial charge >= 0.3 is 0 Å². The lowest BCUT2D eigenvalue weighted by atomic mass is 10.1. The number of nitrogens with two attached hydrogens (primary N) is 1. The van der Waals surface area contributed by atoms with Crippen molar-refractivity contribution in [2.75, 3.05) is 25.4 Å². The van der Waals surface area contributed by atoms with Crippen molar-refractivity contribution in [3.05, 3.63) is 35.7 Å². The molecular weight excluding hydrogens is 318 g/mol. The highest BCUT2D eigenvalue weighted by molar-refractivity contribution is 5.76. The molecule has 0 bridgehead atoms. The molecule has 0 aliphatic carbocycles. The Hall–Kier alpha value is -2.57. The Balaban J connectivity index is 1.45. The quantitative estimate of drug-likeness (QED) is 0.898. The molecule has 0 atom stereocenters. The number of rotatable bonds is 5. The normalized spacial score (nSPS) is 15.4. The minimum atomic E-state index is 0.134. The first kappa shape index (κ1) is 17.3. The van der Waals surface area contributed by atoms with Crippen LogP contribution < -0.4 is 10.5 Å². The average Bonchev–Trinajstić information content (AvgIpc) is 2.95. The zero-order chi connectivity index (χ0) is 17.8. The van der Waals surface area contributed by atoms with Gasteiger partial charge < -0.3 is 15.4 Å². The second-order valence-electron chi connectivity index (χ2n) is 6.44. The SMILES string of the molecule is Cc1nc(N)n(C2CCN(C(=O)CCOc3ccccc3C)CC2)n1. The Bertz CT molecular complexity index is 735. The first-order valence-electron chi connectivity index (χ1n) is 8.69. The summed E-state index contributed by atoms with van der Waals surface area (Å²) in [5.74, 6) is 2.11. The Kier molecular flexibility index (Phi) is 5.21. The highest BCUT2D eigenvalue weighted by Gasteiger charge is 2.25. The first-order valence-corrected chi connectivity index (χ1v) is 8.69. The van der Waals surface area contributed by atoms with Crippen LogP contribution in [0.5, 0.6) is 5.75 Å². The van der Waals surface area contributed by atoms with E-state index >= 15 is 0 Å². The smallest absolute Gasteiger partial charge is 0.225 e. The molecule has 0 saturated carbocycles. The van der Waals surface area contributed by atoms with E-state index < -0.39 is 0 Å². The minimum absolute atomic E-state index is 0.134. The lowest BCUT2D eigenvalue weighted by Crippen LogP contribution is -2.39. The summed E-state index contributed by atoms with van der Waals surface area (Å²) in [7, 11) is 0. The van der Waals surface area contributed by atoms with Gasteiger partial charge in [0.15, 0.2) is 0 Å². The van der Waals surface area contributed by atoms with Gasteiger partial charge in [-0.15, -0.1) is 0 Å². The number of nitrogen functional groups attached to an aromatic ring is 1. The van der Waals surface area contributed by atoms with E-state index in [1.165, 1.54) is 0 Å². The van der Waals surface area contributed by atoms with Crippen LogP contribution in [0.15, 0.2) is 24.3 Å². The molecule has 3 rings (SSSR count). The summed E-state index contributed by atoms with van der Waals surface area (Å²) in [5, 5.41) is 4.35. The number of aromatic nitrogens is 3. The topological polar surface area (TPSA) is 86.3 Å². The number of carbonyl (C=O) groups excluding carboxylic acids is 1. The number of anilines is 1. The molecule has 1 amide bonds. The predicted molar refractivity (Wildman–Crippen MR) is 95.3 cm³/mol. The summed E-state index contributed by atoms with van der Waals surface area (Å²) in [6.07, 6.45) is 2.08. The van der Waals surface area contributed by atoms with Gasteiger partial charge in [-0.05, 0) is 38.3 Å². The number of aryl methyl sites for hydroxylation is 2. The molecule has 1 aromatic carbocycles. The monoisotopic (exact) mass is 343 g/mol. The summed E-state index contributed by atoms with van der Waals surface area (Å²) in [6, 6.07) is 8.05. The number of ether oxygens (including phenoxy) is 1. The van der Waals surface area contributed by atoms with Gasteiger partial charge in [0.05, 0.1) is 19.1 Å². The van der Waals surface area contributed by atoms with Crippen LogP contribution >= 0.6 is 0 Å². The van der Waals surface area contributed by atoms with Crippen LogP contribution in [-0.2, 0) is 4.79 Å². The fraction of sp³-hybridized carbons (Fsp3) is 0.500. The lowest BCUT2D eigenvalue weighted by Gasteiger charge is -2.32. The number of hydrogen-bond acceptors (Lipinski definition) is 5. The first-order chi connectivity index (χ1) is 12.0. The number of likely N-dealkylation sites (tertiary alicyclic amines) is 1. The molecular formula is C18H25N5O2. The van der Waals surface area contributed by atoms with Crippen LogP contribution in [0.25, 0.3) is 0 Å². The van der Waals surface area contributed by atoms with Gasteiger partial charge in [-0.2, -0.15) is 10.1 Å². The van der Waals surface area contributed by atoms with E-state index in [1.807, 2.05) is 43.0 Å². The van der Waals surface area contributed by atoms with Crippen molar-refractivity contribution in [3.8, 4) is 5.75 Å². The standard InChI is InChI=1S/C18H25N5O2/c1-13-5-3-4-6-16(13)25-12-9-17(24)22-10-7-15(8-11-22)23-18(19)20-14(2)21-23/h3-6,15H,7-12H2,1-2H3,(H2,19,20,21). The van der Waals surface area contributed by atoms with E-state index in [0.717, 1.165) is 24.2 Å². The zero-order valence-electron chi connectivity index (χ0n) is 14.8. The Labute approximate surface area is 147 Å². The summed E-state index contributed by atoms with van der Waals surface area (Å²) < 4.78 is 7.51. The largest absolute Gasteiger partial charge is 0.493 e. The van der Waals surface area contributed by atoms with Gasteiger partial charge in [0.25, 0.3) is 0 Å². The molecule has 0 unspecified atom stereocenters. The average molecular weight is 343 g/mol. The van der Waals surface area contributed by atoms with Crippen LogP contribution in [0, 0.1) is 13.8 Å². The number of amides is 1. The van der Waals surface area contributed by atoms with Crippen LogP contribution in [0.1, 0.15) is 36.7 Å². The Morgan fingerprint density at radius 2 is 2.00 bits per heavy atom. The van der Waals surface area contributed by atoms with Gasteiger partial charge in [-0.25, -0.2) is 4.68 Å². The van der Waals surface area contributed by atoms with Crippen molar-refractivity contribution in [1.29, 1.82) is 0 Å². The molecule has 1 aliphatic rings. The van der Waals surface area contributed by atoms with E-state index in [-0.39, 0.29) is 11.9 Å². The third-order valence-corrected chi connectivity index (χ3v) is 4.59. The molecule has 2 heterocycles. The molecule has 2 N–H and O–H groups in total. The number of carbonyl (C=O) groups is 1. The fourth-order valence-corrected chi connectivity index (χ4v) is 3.20. The van der Waals surface area contributed by atoms with Crippen molar-refractivity contribution in [1.82, 2.24) is 19.7 Å². The second kappa shape index (κ2) is 7.55. The van der Waals surface area contributed by atoms with E-state index in [4.69, 9.17) is 10.5 Å². The number of hydrogen-bond donors (Lipinski definition) is 1.